The lowest BCUT2D eigenvalue weighted by molar-refractivity contribution is -0.0885. The first-order valence-corrected chi connectivity index (χ1v) is 8.07. The van der Waals surface area contributed by atoms with Crippen LogP contribution in [0.2, 0.25) is 0 Å². The molecule has 1 aliphatic rings. The highest BCUT2D eigenvalue weighted by atomic mass is 19.4. The van der Waals surface area contributed by atoms with Crippen LogP contribution in [0, 0.1) is 0 Å². The van der Waals surface area contributed by atoms with Crippen molar-refractivity contribution >= 4 is 17.4 Å². The molecule has 26 heavy (non-hydrogen) atoms. The lowest BCUT2D eigenvalue weighted by Crippen LogP contribution is -2.26. The van der Waals surface area contributed by atoms with Gasteiger partial charge in [0.2, 0.25) is 0 Å². The van der Waals surface area contributed by atoms with Gasteiger partial charge in [-0.3, -0.25) is 9.59 Å². The average Bonchev–Trinajstić information content (AvgIpc) is 2.60. The fourth-order valence-electron chi connectivity index (χ4n) is 2.94. The molecule has 1 aliphatic heterocycles. The molecular weight excluding hydrogens is 345 g/mol. The van der Waals surface area contributed by atoms with Gasteiger partial charge in [0.1, 0.15) is 0 Å². The Kier molecular flexibility index (Phi) is 4.82. The number of benzene rings is 2. The maximum Gasteiger partial charge on any atom is 0.454 e. The molecule has 136 valence electrons. The first-order valence-electron chi connectivity index (χ1n) is 8.07. The number of rotatable bonds is 3. The van der Waals surface area contributed by atoms with Crippen LogP contribution in [0.1, 0.15) is 31.8 Å². The second-order valence-corrected chi connectivity index (χ2v) is 6.33. The van der Waals surface area contributed by atoms with Crippen LogP contribution < -0.4 is 5.32 Å². The highest BCUT2D eigenvalue weighted by Crippen LogP contribution is 2.24. The maximum absolute atomic E-state index is 12.6. The third kappa shape index (κ3) is 3.94. The second kappa shape index (κ2) is 6.92. The molecular formula is C19H17F3N2O2. The summed E-state index contributed by atoms with van der Waals surface area (Å²) in [6.07, 6.45) is -4.04. The number of nitrogens with zero attached hydrogens (tertiary/aromatic N) is 1. The van der Waals surface area contributed by atoms with Crippen LogP contribution in [0.5, 0.6) is 0 Å². The van der Waals surface area contributed by atoms with Crippen LogP contribution in [-0.4, -0.2) is 36.4 Å². The lowest BCUT2D eigenvalue weighted by Gasteiger charge is -2.25. The summed E-state index contributed by atoms with van der Waals surface area (Å²) in [7, 11) is 2.01. The van der Waals surface area contributed by atoms with E-state index in [-0.39, 0.29) is 5.56 Å². The average molecular weight is 362 g/mol. The largest absolute Gasteiger partial charge is 0.454 e. The van der Waals surface area contributed by atoms with E-state index in [0.717, 1.165) is 37.2 Å². The highest BCUT2D eigenvalue weighted by Gasteiger charge is 2.39. The van der Waals surface area contributed by atoms with Crippen molar-refractivity contribution in [3.05, 3.63) is 64.7 Å². The van der Waals surface area contributed by atoms with Gasteiger partial charge in [-0.2, -0.15) is 13.2 Å². The molecule has 4 nitrogen and oxygen atoms in total. The van der Waals surface area contributed by atoms with E-state index in [2.05, 4.69) is 10.2 Å². The number of likely N-dealkylation sites (N-methyl/N-ethyl adjacent to an activating group) is 1. The SMILES string of the molecule is CN1CCc2ccc(NC(=O)c3cccc(C(=O)C(F)(F)F)c3)cc2C1. The van der Waals surface area contributed by atoms with Gasteiger partial charge in [-0.25, -0.2) is 0 Å². The summed E-state index contributed by atoms with van der Waals surface area (Å²) in [5.74, 6) is -2.53. The molecule has 2 aromatic rings. The maximum atomic E-state index is 12.6. The third-order valence-electron chi connectivity index (χ3n) is 4.31. The minimum Gasteiger partial charge on any atom is -0.322 e. The van der Waals surface area contributed by atoms with E-state index in [1.165, 1.54) is 17.7 Å². The van der Waals surface area contributed by atoms with Crippen molar-refractivity contribution in [3.8, 4) is 0 Å². The number of hydrogen-bond acceptors (Lipinski definition) is 3. The highest BCUT2D eigenvalue weighted by molar-refractivity contribution is 6.07. The van der Waals surface area contributed by atoms with Gasteiger partial charge >= 0.3 is 6.18 Å². The van der Waals surface area contributed by atoms with Gasteiger partial charge in [0.15, 0.2) is 0 Å². The van der Waals surface area contributed by atoms with E-state index in [0.29, 0.717) is 5.69 Å². The van der Waals surface area contributed by atoms with Crippen molar-refractivity contribution in [1.82, 2.24) is 4.90 Å². The van der Waals surface area contributed by atoms with Crippen molar-refractivity contribution in [3.63, 3.8) is 0 Å². The molecule has 3 rings (SSSR count). The predicted molar refractivity (Wildman–Crippen MR) is 91.3 cm³/mol. The van der Waals surface area contributed by atoms with Crippen molar-refractivity contribution in [2.45, 2.75) is 19.1 Å². The van der Waals surface area contributed by atoms with Gasteiger partial charge in [0.25, 0.3) is 11.7 Å². The van der Waals surface area contributed by atoms with Crippen LogP contribution in [-0.2, 0) is 13.0 Å². The van der Waals surface area contributed by atoms with E-state index < -0.39 is 23.4 Å². The number of Topliss-reactive ketones (excluding diaryl/α,β-unsaturated/α-hetero) is 1. The van der Waals surface area contributed by atoms with Crippen molar-refractivity contribution in [2.24, 2.45) is 0 Å². The number of ketones is 1. The number of nitrogens with one attached hydrogen (secondary N) is 1. The smallest absolute Gasteiger partial charge is 0.322 e. The number of carbonyl (C=O) groups excluding carboxylic acids is 2. The molecule has 1 heterocycles. The van der Waals surface area contributed by atoms with Crippen LogP contribution in [0.15, 0.2) is 42.5 Å². The summed E-state index contributed by atoms with van der Waals surface area (Å²) >= 11 is 0. The zero-order chi connectivity index (χ0) is 18.9. The van der Waals surface area contributed by atoms with Gasteiger partial charge < -0.3 is 10.2 Å². The Balaban J connectivity index is 1.79. The standard InChI is InChI=1S/C19H17F3N2O2/c1-24-8-7-12-5-6-16(10-15(12)11-24)23-18(26)14-4-2-3-13(9-14)17(25)19(20,21)22/h2-6,9-10H,7-8,11H2,1H3,(H,23,26). The van der Waals surface area contributed by atoms with Crippen LogP contribution >= 0.6 is 0 Å². The second-order valence-electron chi connectivity index (χ2n) is 6.33. The van der Waals surface area contributed by atoms with Crippen molar-refractivity contribution < 1.29 is 22.8 Å². The molecule has 0 bridgehead atoms. The molecule has 0 radical (unpaired) electrons. The molecule has 0 saturated carbocycles. The third-order valence-corrected chi connectivity index (χ3v) is 4.31. The molecule has 1 N–H and O–H groups in total. The molecule has 0 spiro atoms. The topological polar surface area (TPSA) is 49.4 Å². The monoisotopic (exact) mass is 362 g/mol. The van der Waals surface area contributed by atoms with Gasteiger partial charge in [-0.05, 0) is 48.9 Å². The van der Waals surface area contributed by atoms with Gasteiger partial charge in [-0.15, -0.1) is 0 Å². The molecule has 0 aromatic heterocycles. The first kappa shape index (κ1) is 18.1. The first-order chi connectivity index (χ1) is 12.2. The van der Waals surface area contributed by atoms with Gasteiger partial charge in [0, 0.05) is 29.9 Å². The van der Waals surface area contributed by atoms with E-state index in [1.807, 2.05) is 19.2 Å². The Hall–Kier alpha value is -2.67. The van der Waals surface area contributed by atoms with E-state index in [9.17, 15) is 22.8 Å². The summed E-state index contributed by atoms with van der Waals surface area (Å²) in [6, 6.07) is 10.2. The van der Waals surface area contributed by atoms with Crippen molar-refractivity contribution in [2.75, 3.05) is 18.9 Å². The molecule has 2 aromatic carbocycles. The molecule has 0 unspecified atom stereocenters. The lowest BCUT2D eigenvalue weighted by atomic mass is 9.99. The summed E-state index contributed by atoms with van der Waals surface area (Å²) < 4.78 is 37.7. The molecule has 0 atom stereocenters. The summed E-state index contributed by atoms with van der Waals surface area (Å²) in [6.45, 7) is 1.74. The molecule has 0 saturated heterocycles. The fraction of sp³-hybridized carbons (Fsp3) is 0.263. The number of hydrogen-bond donors (Lipinski definition) is 1. The number of anilines is 1. The molecule has 1 amide bonds. The quantitative estimate of drug-likeness (QED) is 0.848. The van der Waals surface area contributed by atoms with E-state index in [4.69, 9.17) is 0 Å². The minimum atomic E-state index is -4.97. The van der Waals surface area contributed by atoms with E-state index >= 15 is 0 Å². The zero-order valence-corrected chi connectivity index (χ0v) is 14.1. The Morgan fingerprint density at radius 2 is 1.77 bits per heavy atom. The number of amides is 1. The molecule has 7 heteroatoms. The summed E-state index contributed by atoms with van der Waals surface area (Å²) in [5, 5.41) is 2.68. The van der Waals surface area contributed by atoms with Crippen LogP contribution in [0.3, 0.4) is 0 Å². The van der Waals surface area contributed by atoms with Gasteiger partial charge in [0.05, 0.1) is 0 Å². The zero-order valence-electron chi connectivity index (χ0n) is 14.1. The van der Waals surface area contributed by atoms with E-state index in [1.54, 1.807) is 6.07 Å². The normalized spacial score (nSPS) is 14.6. The number of alkyl halides is 3. The van der Waals surface area contributed by atoms with Gasteiger partial charge in [-0.1, -0.05) is 18.2 Å². The Bertz CT molecular complexity index is 862. The Labute approximate surface area is 148 Å². The Morgan fingerprint density at radius 1 is 1.04 bits per heavy atom. The Morgan fingerprint density at radius 3 is 2.50 bits per heavy atom. The number of halogens is 3. The number of fused-ring (bicyclic) bond motifs is 1. The number of carbonyl (C=O) groups is 2. The predicted octanol–water partition coefficient (Wildman–Crippen LogP) is 3.67. The minimum absolute atomic E-state index is 0.00469. The summed E-state index contributed by atoms with van der Waals surface area (Å²) in [4.78, 5) is 25.9. The fourth-order valence-corrected chi connectivity index (χ4v) is 2.94. The molecule has 0 fully saturated rings. The molecule has 0 aliphatic carbocycles. The summed E-state index contributed by atoms with van der Waals surface area (Å²) in [5.41, 5.74) is 2.33. The van der Waals surface area contributed by atoms with Crippen LogP contribution in [0.25, 0.3) is 0 Å². The van der Waals surface area contributed by atoms with Crippen LogP contribution in [0.4, 0.5) is 18.9 Å². The van der Waals surface area contributed by atoms with Crippen molar-refractivity contribution in [1.29, 1.82) is 0 Å².